The number of rotatable bonds is 4. The Labute approximate surface area is 171 Å². The first-order valence-corrected chi connectivity index (χ1v) is 9.61. The van der Waals surface area contributed by atoms with E-state index in [1.54, 1.807) is 7.05 Å². The Morgan fingerprint density at radius 3 is 2.55 bits per heavy atom. The quantitative estimate of drug-likeness (QED) is 0.512. The van der Waals surface area contributed by atoms with Gasteiger partial charge in [-0.2, -0.15) is 4.98 Å². The highest BCUT2D eigenvalue weighted by molar-refractivity contribution is 6.30. The van der Waals surface area contributed by atoms with E-state index in [-0.39, 0.29) is 18.7 Å². The molecule has 152 valence electrons. The highest BCUT2D eigenvalue weighted by atomic mass is 35.5. The molecule has 4 rings (SSSR count). The predicted octanol–water partition coefficient (Wildman–Crippen LogP) is 2.36. The zero-order chi connectivity index (χ0) is 21.0. The van der Waals surface area contributed by atoms with Crippen molar-refractivity contribution in [2.45, 2.75) is 27.3 Å². The van der Waals surface area contributed by atoms with Gasteiger partial charge in [0.05, 0.1) is 18.8 Å². The molecule has 3 heterocycles. The van der Waals surface area contributed by atoms with Gasteiger partial charge in [-0.1, -0.05) is 17.7 Å². The molecule has 0 N–H and O–H groups in total. The van der Waals surface area contributed by atoms with Gasteiger partial charge >= 0.3 is 5.69 Å². The summed E-state index contributed by atoms with van der Waals surface area (Å²) in [6.45, 7) is 6.35. The van der Waals surface area contributed by atoms with Crippen LogP contribution in [-0.2, 0) is 18.3 Å². The van der Waals surface area contributed by atoms with Crippen LogP contribution in [0.5, 0.6) is 0 Å². The van der Waals surface area contributed by atoms with Crippen LogP contribution in [0.2, 0.25) is 5.02 Å². The number of halogens is 1. The summed E-state index contributed by atoms with van der Waals surface area (Å²) in [7, 11) is 3.16. The monoisotopic (exact) mass is 415 g/mol. The van der Waals surface area contributed by atoms with Crippen LogP contribution in [0.1, 0.15) is 17.0 Å². The van der Waals surface area contributed by atoms with Crippen LogP contribution in [-0.4, -0.2) is 36.8 Å². The molecule has 0 aliphatic heterocycles. The molecule has 0 aliphatic carbocycles. The van der Waals surface area contributed by atoms with Gasteiger partial charge in [0.15, 0.2) is 11.2 Å². The van der Waals surface area contributed by atoms with Crippen LogP contribution in [0.25, 0.3) is 22.6 Å². The van der Waals surface area contributed by atoms with Gasteiger partial charge in [-0.25, -0.2) is 4.79 Å². The first-order chi connectivity index (χ1) is 13.8. The molecule has 0 bridgehead atoms. The van der Waals surface area contributed by atoms with Gasteiger partial charge in [0, 0.05) is 30.6 Å². The van der Waals surface area contributed by atoms with Crippen molar-refractivity contribution in [1.29, 1.82) is 0 Å². The molecule has 4 aromatic rings. The van der Waals surface area contributed by atoms with Crippen LogP contribution < -0.4 is 11.2 Å². The highest BCUT2D eigenvalue weighted by Gasteiger charge is 2.23. The number of fused-ring (bicyclic) bond motifs is 3. The van der Waals surface area contributed by atoms with E-state index < -0.39 is 5.69 Å². The molecule has 9 heteroatoms. The number of benzene rings is 1. The van der Waals surface area contributed by atoms with Crippen molar-refractivity contribution < 1.29 is 4.74 Å². The highest BCUT2D eigenvalue weighted by Crippen LogP contribution is 2.27. The summed E-state index contributed by atoms with van der Waals surface area (Å²) in [5, 5.41) is 0.611. The van der Waals surface area contributed by atoms with Crippen molar-refractivity contribution in [3.05, 3.63) is 61.0 Å². The maximum Gasteiger partial charge on any atom is 0.332 e. The first-order valence-electron chi connectivity index (χ1n) is 9.23. The van der Waals surface area contributed by atoms with Crippen LogP contribution in [0, 0.1) is 20.8 Å². The Morgan fingerprint density at radius 2 is 1.86 bits per heavy atom. The molecule has 0 amide bonds. The number of hydrogen-bond donors (Lipinski definition) is 0. The van der Waals surface area contributed by atoms with E-state index in [0.717, 1.165) is 22.6 Å². The first kappa shape index (κ1) is 19.5. The summed E-state index contributed by atoms with van der Waals surface area (Å²) in [6.07, 6.45) is 0. The number of aryl methyl sites for hydroxylation is 3. The normalized spacial score (nSPS) is 11.8. The molecule has 8 nitrogen and oxygen atoms in total. The van der Waals surface area contributed by atoms with Gasteiger partial charge in [0.2, 0.25) is 5.78 Å². The maximum absolute atomic E-state index is 13.2. The Bertz CT molecular complexity index is 1390. The van der Waals surface area contributed by atoms with Gasteiger partial charge in [-0.05, 0) is 38.5 Å². The molecule has 0 aliphatic rings. The second-order valence-electron chi connectivity index (χ2n) is 7.15. The number of imidazole rings is 2. The molecule has 1 aromatic carbocycles. The van der Waals surface area contributed by atoms with Gasteiger partial charge in [-0.15, -0.1) is 0 Å². The molecule has 0 saturated heterocycles. The second-order valence-corrected chi connectivity index (χ2v) is 7.58. The number of nitrogens with zero attached hydrogens (tertiary/aromatic N) is 5. The van der Waals surface area contributed by atoms with Gasteiger partial charge < -0.3 is 4.74 Å². The lowest BCUT2D eigenvalue weighted by Gasteiger charge is -2.10. The fourth-order valence-corrected chi connectivity index (χ4v) is 3.91. The fourth-order valence-electron chi connectivity index (χ4n) is 3.74. The molecule has 0 radical (unpaired) electrons. The van der Waals surface area contributed by atoms with E-state index >= 15 is 0 Å². The summed E-state index contributed by atoms with van der Waals surface area (Å²) in [6, 6.07) is 5.65. The van der Waals surface area contributed by atoms with Crippen LogP contribution >= 0.6 is 11.6 Å². The SMILES string of the molecule is COCCn1c(=O)c2c(nc3n(-c4cc(Cl)ccc4C)c(C)c(C)n23)n(C)c1=O. The summed E-state index contributed by atoms with van der Waals surface area (Å²) in [5.41, 5.74) is 3.64. The average molecular weight is 416 g/mol. The van der Waals surface area contributed by atoms with Crippen molar-refractivity contribution in [2.24, 2.45) is 7.05 Å². The average Bonchev–Trinajstić information content (AvgIpc) is 3.18. The summed E-state index contributed by atoms with van der Waals surface area (Å²) >= 11 is 6.25. The summed E-state index contributed by atoms with van der Waals surface area (Å²) in [4.78, 5) is 30.6. The molecule has 29 heavy (non-hydrogen) atoms. The Balaban J connectivity index is 2.17. The molecular formula is C20H22ClN5O3. The lowest BCUT2D eigenvalue weighted by atomic mass is 10.2. The molecule has 0 unspecified atom stereocenters. The number of methoxy groups -OCH3 is 1. The van der Waals surface area contributed by atoms with Gasteiger partial charge in [0.25, 0.3) is 5.56 Å². The zero-order valence-corrected chi connectivity index (χ0v) is 17.7. The fraction of sp³-hybridized carbons (Fsp3) is 0.350. The minimum absolute atomic E-state index is 0.178. The van der Waals surface area contributed by atoms with Gasteiger partial charge in [-0.3, -0.25) is 22.9 Å². The van der Waals surface area contributed by atoms with Gasteiger partial charge in [0.1, 0.15) is 0 Å². The van der Waals surface area contributed by atoms with Crippen molar-refractivity contribution in [3.63, 3.8) is 0 Å². The largest absolute Gasteiger partial charge is 0.383 e. The van der Waals surface area contributed by atoms with Crippen molar-refractivity contribution in [3.8, 4) is 5.69 Å². The Hall–Kier alpha value is -2.84. The van der Waals surface area contributed by atoms with E-state index in [4.69, 9.17) is 16.3 Å². The lowest BCUT2D eigenvalue weighted by Crippen LogP contribution is -2.40. The third-order valence-corrected chi connectivity index (χ3v) is 5.69. The minimum atomic E-state index is -0.417. The lowest BCUT2D eigenvalue weighted by molar-refractivity contribution is 0.184. The smallest absolute Gasteiger partial charge is 0.332 e. The molecular weight excluding hydrogens is 394 g/mol. The minimum Gasteiger partial charge on any atom is -0.383 e. The van der Waals surface area contributed by atoms with Crippen molar-refractivity contribution >= 4 is 28.5 Å². The molecule has 0 spiro atoms. The molecule has 0 atom stereocenters. The predicted molar refractivity (Wildman–Crippen MR) is 113 cm³/mol. The van der Waals surface area contributed by atoms with E-state index in [1.807, 2.05) is 47.9 Å². The third kappa shape index (κ3) is 2.74. The molecule has 3 aromatic heterocycles. The summed E-state index contributed by atoms with van der Waals surface area (Å²) in [5.74, 6) is 0.567. The van der Waals surface area contributed by atoms with Crippen LogP contribution in [0.3, 0.4) is 0 Å². The number of ether oxygens (including phenoxy) is 1. The molecule has 0 fully saturated rings. The Kier molecular flexibility index (Phi) is 4.63. The van der Waals surface area contributed by atoms with Crippen molar-refractivity contribution in [1.82, 2.24) is 23.1 Å². The molecule has 0 saturated carbocycles. The van der Waals surface area contributed by atoms with E-state index in [9.17, 15) is 9.59 Å². The number of aromatic nitrogens is 5. The van der Waals surface area contributed by atoms with Crippen molar-refractivity contribution in [2.75, 3.05) is 13.7 Å². The van der Waals surface area contributed by atoms with E-state index in [2.05, 4.69) is 4.98 Å². The summed E-state index contributed by atoms with van der Waals surface area (Å²) < 4.78 is 11.4. The third-order valence-electron chi connectivity index (χ3n) is 5.45. The van der Waals surface area contributed by atoms with Crippen LogP contribution in [0.4, 0.5) is 0 Å². The Morgan fingerprint density at radius 1 is 1.14 bits per heavy atom. The van der Waals surface area contributed by atoms with E-state index in [0.29, 0.717) is 22.0 Å². The number of hydrogen-bond acceptors (Lipinski definition) is 4. The zero-order valence-electron chi connectivity index (χ0n) is 17.0. The van der Waals surface area contributed by atoms with Crippen LogP contribution in [0.15, 0.2) is 27.8 Å². The maximum atomic E-state index is 13.2. The standard InChI is InChI=1S/C20H22ClN5O3/c1-11-6-7-14(21)10-15(11)25-12(2)13(3)26-16-17(22-19(25)26)23(4)20(28)24(18(16)27)8-9-29-5/h6-7,10H,8-9H2,1-5H3. The topological polar surface area (TPSA) is 75.5 Å². The van der Waals surface area contributed by atoms with E-state index in [1.165, 1.54) is 16.2 Å². The second kappa shape index (κ2) is 6.89.